The second-order valence-electron chi connectivity index (χ2n) is 2.90. The first-order chi connectivity index (χ1) is 7.65. The summed E-state index contributed by atoms with van der Waals surface area (Å²) in [5.74, 6) is -0.821. The summed E-state index contributed by atoms with van der Waals surface area (Å²) in [6.45, 7) is 0.0784. The Hall–Kier alpha value is -1.99. The minimum absolute atomic E-state index is 0.0784. The lowest BCUT2D eigenvalue weighted by Gasteiger charge is -2.03. The number of ether oxygens (including phenoxy) is 1. The van der Waals surface area contributed by atoms with Gasteiger partial charge in [0.15, 0.2) is 5.57 Å². The zero-order valence-electron chi connectivity index (χ0n) is 8.31. The van der Waals surface area contributed by atoms with Gasteiger partial charge in [-0.1, -0.05) is 41.9 Å². The van der Waals surface area contributed by atoms with Gasteiger partial charge >= 0.3 is 5.97 Å². The molecule has 0 aromatic heterocycles. The SMILES string of the molecule is N#C/C(C(=O)OCc1ccccc1)=C(/N)Cl. The van der Waals surface area contributed by atoms with Crippen molar-refractivity contribution in [1.82, 2.24) is 0 Å². The Morgan fingerprint density at radius 3 is 2.56 bits per heavy atom. The Morgan fingerprint density at radius 2 is 2.06 bits per heavy atom. The molecule has 0 atom stereocenters. The molecule has 1 aromatic carbocycles. The number of rotatable bonds is 3. The van der Waals surface area contributed by atoms with Crippen LogP contribution in [0.2, 0.25) is 0 Å². The third-order valence-corrected chi connectivity index (χ3v) is 1.96. The Bertz CT molecular complexity index is 445. The molecule has 0 amide bonds. The highest BCUT2D eigenvalue weighted by Crippen LogP contribution is 2.07. The van der Waals surface area contributed by atoms with Crippen molar-refractivity contribution in [2.75, 3.05) is 0 Å². The number of hydrogen-bond donors (Lipinski definition) is 1. The lowest BCUT2D eigenvalue weighted by molar-refractivity contribution is -0.139. The summed E-state index contributed by atoms with van der Waals surface area (Å²) >= 11 is 5.35. The molecule has 0 heterocycles. The molecule has 5 heteroatoms. The lowest BCUT2D eigenvalue weighted by Crippen LogP contribution is -2.10. The van der Waals surface area contributed by atoms with E-state index in [-0.39, 0.29) is 17.3 Å². The first-order valence-electron chi connectivity index (χ1n) is 4.41. The molecule has 0 aliphatic heterocycles. The first kappa shape index (κ1) is 12.1. The van der Waals surface area contributed by atoms with E-state index in [9.17, 15) is 4.79 Å². The molecule has 82 valence electrons. The Balaban J connectivity index is 2.61. The highest BCUT2D eigenvalue weighted by Gasteiger charge is 2.13. The standard InChI is InChI=1S/C11H9ClN2O2/c12-10(14)9(6-13)11(15)16-7-8-4-2-1-3-5-8/h1-5H,7,14H2/b10-9-. The topological polar surface area (TPSA) is 76.1 Å². The number of nitrogens with two attached hydrogens (primary N) is 1. The summed E-state index contributed by atoms with van der Waals surface area (Å²) < 4.78 is 4.86. The van der Waals surface area contributed by atoms with Gasteiger partial charge in [-0.15, -0.1) is 0 Å². The molecular formula is C11H9ClN2O2. The number of benzene rings is 1. The first-order valence-corrected chi connectivity index (χ1v) is 4.79. The predicted molar refractivity (Wildman–Crippen MR) is 58.9 cm³/mol. The fourth-order valence-corrected chi connectivity index (χ4v) is 1.11. The summed E-state index contributed by atoms with van der Waals surface area (Å²) in [7, 11) is 0. The van der Waals surface area contributed by atoms with Crippen LogP contribution in [0.25, 0.3) is 0 Å². The second-order valence-corrected chi connectivity index (χ2v) is 3.30. The molecule has 2 N–H and O–H groups in total. The van der Waals surface area contributed by atoms with E-state index < -0.39 is 5.97 Å². The van der Waals surface area contributed by atoms with E-state index in [1.54, 1.807) is 18.2 Å². The van der Waals surface area contributed by atoms with Gasteiger partial charge in [0.1, 0.15) is 17.8 Å². The van der Waals surface area contributed by atoms with Crippen LogP contribution in [0.1, 0.15) is 5.56 Å². The van der Waals surface area contributed by atoms with E-state index in [1.807, 2.05) is 18.2 Å². The molecule has 4 nitrogen and oxygen atoms in total. The summed E-state index contributed by atoms with van der Waals surface area (Å²) in [5.41, 5.74) is 5.58. The molecule has 1 aromatic rings. The number of esters is 1. The molecule has 0 saturated carbocycles. The average Bonchev–Trinajstić information content (AvgIpc) is 2.28. The molecule has 0 aliphatic carbocycles. The fraction of sp³-hybridized carbons (Fsp3) is 0.0909. The summed E-state index contributed by atoms with van der Waals surface area (Å²) in [4.78, 5) is 11.3. The van der Waals surface area contributed by atoms with Crippen molar-refractivity contribution in [3.8, 4) is 6.07 Å². The van der Waals surface area contributed by atoms with E-state index in [1.165, 1.54) is 0 Å². The zero-order valence-corrected chi connectivity index (χ0v) is 9.07. The number of nitrogens with zero attached hydrogens (tertiary/aromatic N) is 1. The molecule has 0 radical (unpaired) electrons. The number of hydrogen-bond acceptors (Lipinski definition) is 4. The maximum absolute atomic E-state index is 11.3. The molecule has 16 heavy (non-hydrogen) atoms. The molecule has 0 fully saturated rings. The van der Waals surface area contributed by atoms with Gasteiger partial charge in [0, 0.05) is 0 Å². The average molecular weight is 237 g/mol. The Labute approximate surface area is 97.9 Å². The smallest absolute Gasteiger partial charge is 0.352 e. The van der Waals surface area contributed by atoms with Crippen LogP contribution in [0.5, 0.6) is 0 Å². The van der Waals surface area contributed by atoms with Gasteiger partial charge in [-0.25, -0.2) is 4.79 Å². The number of nitriles is 1. The van der Waals surface area contributed by atoms with Crippen LogP contribution >= 0.6 is 11.6 Å². The Morgan fingerprint density at radius 1 is 1.44 bits per heavy atom. The van der Waals surface area contributed by atoms with Gasteiger partial charge in [0.05, 0.1) is 0 Å². The summed E-state index contributed by atoms with van der Waals surface area (Å²) in [6, 6.07) is 10.7. The highest BCUT2D eigenvalue weighted by molar-refractivity contribution is 6.31. The quantitative estimate of drug-likeness (QED) is 0.375. The zero-order chi connectivity index (χ0) is 12.0. The largest absolute Gasteiger partial charge is 0.457 e. The minimum atomic E-state index is -0.821. The number of carbonyl (C=O) groups excluding carboxylic acids is 1. The number of halogens is 1. The van der Waals surface area contributed by atoms with Crippen molar-refractivity contribution in [2.45, 2.75) is 6.61 Å². The van der Waals surface area contributed by atoms with Gasteiger partial charge in [0.2, 0.25) is 0 Å². The molecular weight excluding hydrogens is 228 g/mol. The van der Waals surface area contributed by atoms with Crippen molar-refractivity contribution in [3.63, 3.8) is 0 Å². The second kappa shape index (κ2) is 5.79. The number of carbonyl (C=O) groups is 1. The molecule has 0 aliphatic rings. The van der Waals surface area contributed by atoms with Crippen LogP contribution < -0.4 is 5.73 Å². The molecule has 1 rings (SSSR count). The van der Waals surface area contributed by atoms with Crippen LogP contribution in [-0.2, 0) is 16.1 Å². The molecule has 0 spiro atoms. The van der Waals surface area contributed by atoms with Crippen LogP contribution in [0.3, 0.4) is 0 Å². The summed E-state index contributed by atoms with van der Waals surface area (Å²) in [6.07, 6.45) is 0. The van der Waals surface area contributed by atoms with Gasteiger partial charge in [-0.05, 0) is 5.56 Å². The van der Waals surface area contributed by atoms with Crippen LogP contribution in [-0.4, -0.2) is 5.97 Å². The lowest BCUT2D eigenvalue weighted by atomic mass is 10.2. The van der Waals surface area contributed by atoms with E-state index in [0.29, 0.717) is 0 Å². The van der Waals surface area contributed by atoms with Crippen molar-refractivity contribution in [2.24, 2.45) is 5.73 Å². The van der Waals surface area contributed by atoms with E-state index in [4.69, 9.17) is 27.3 Å². The third kappa shape index (κ3) is 3.30. The molecule has 0 saturated heterocycles. The van der Waals surface area contributed by atoms with Crippen molar-refractivity contribution in [3.05, 3.63) is 46.6 Å². The maximum Gasteiger partial charge on any atom is 0.352 e. The summed E-state index contributed by atoms with van der Waals surface area (Å²) in [5, 5.41) is 8.23. The van der Waals surface area contributed by atoms with Gasteiger partial charge in [-0.3, -0.25) is 0 Å². The predicted octanol–water partition coefficient (Wildman–Crippen LogP) is 1.66. The maximum atomic E-state index is 11.3. The normalized spacial score (nSPS) is 11.2. The van der Waals surface area contributed by atoms with E-state index in [2.05, 4.69) is 0 Å². The van der Waals surface area contributed by atoms with E-state index >= 15 is 0 Å². The van der Waals surface area contributed by atoms with Gasteiger partial charge in [-0.2, -0.15) is 5.26 Å². The van der Waals surface area contributed by atoms with Crippen molar-refractivity contribution >= 4 is 17.6 Å². The van der Waals surface area contributed by atoms with Gasteiger partial charge < -0.3 is 10.5 Å². The van der Waals surface area contributed by atoms with Crippen LogP contribution in [0.4, 0.5) is 0 Å². The van der Waals surface area contributed by atoms with Crippen molar-refractivity contribution < 1.29 is 9.53 Å². The third-order valence-electron chi connectivity index (χ3n) is 1.77. The highest BCUT2D eigenvalue weighted by atomic mass is 35.5. The molecule has 0 bridgehead atoms. The fourth-order valence-electron chi connectivity index (χ4n) is 0.992. The monoisotopic (exact) mass is 236 g/mol. The van der Waals surface area contributed by atoms with E-state index in [0.717, 1.165) is 5.56 Å². The molecule has 0 unspecified atom stereocenters. The van der Waals surface area contributed by atoms with Crippen molar-refractivity contribution in [1.29, 1.82) is 5.26 Å². The Kier molecular flexibility index (Phi) is 4.37. The van der Waals surface area contributed by atoms with Crippen LogP contribution in [0, 0.1) is 11.3 Å². The minimum Gasteiger partial charge on any atom is -0.457 e. The van der Waals surface area contributed by atoms with Crippen LogP contribution in [0.15, 0.2) is 41.1 Å². The van der Waals surface area contributed by atoms with Gasteiger partial charge in [0.25, 0.3) is 0 Å².